The van der Waals surface area contributed by atoms with Crippen molar-refractivity contribution in [3.63, 3.8) is 0 Å². The molecule has 88 valence electrons. The molecule has 0 spiro atoms. The predicted octanol–water partition coefficient (Wildman–Crippen LogP) is 3.11. The van der Waals surface area contributed by atoms with Gasteiger partial charge in [0, 0.05) is 5.38 Å². The van der Waals surface area contributed by atoms with Gasteiger partial charge in [0.25, 0.3) is 0 Å². The third-order valence-electron chi connectivity index (χ3n) is 2.07. The van der Waals surface area contributed by atoms with Crippen molar-refractivity contribution in [1.29, 1.82) is 0 Å². The minimum atomic E-state index is -1.00. The average Bonchev–Trinajstić information content (AvgIpc) is 2.77. The lowest BCUT2D eigenvalue weighted by Crippen LogP contribution is -2.01. The number of aromatic nitrogens is 1. The molecule has 0 saturated carbocycles. The number of nitrogens with one attached hydrogen (secondary N) is 1. The molecule has 0 unspecified atom stereocenters. The lowest BCUT2D eigenvalue weighted by Gasteiger charge is -2.05. The second-order valence-electron chi connectivity index (χ2n) is 3.28. The fourth-order valence-corrected chi connectivity index (χ4v) is 2.13. The lowest BCUT2D eigenvalue weighted by atomic mass is 10.3. The number of hydrogen-bond acceptors (Lipinski definition) is 4. The quantitative estimate of drug-likeness (QED) is 0.894. The first-order valence-corrected chi connectivity index (χ1v) is 6.08. The number of carboxylic acids is 1. The highest BCUT2D eigenvalue weighted by atomic mass is 35.5. The highest BCUT2D eigenvalue weighted by Crippen LogP contribution is 2.21. The number of carboxylic acid groups (broad SMARTS) is 1. The van der Waals surface area contributed by atoms with Crippen molar-refractivity contribution in [3.8, 4) is 0 Å². The molecule has 0 fully saturated rings. The first-order chi connectivity index (χ1) is 8.16. The minimum Gasteiger partial charge on any atom is -0.476 e. The van der Waals surface area contributed by atoms with Crippen molar-refractivity contribution < 1.29 is 9.90 Å². The van der Waals surface area contributed by atoms with Crippen LogP contribution in [-0.4, -0.2) is 16.1 Å². The van der Waals surface area contributed by atoms with E-state index in [0.717, 1.165) is 17.0 Å². The van der Waals surface area contributed by atoms with Crippen LogP contribution in [0.5, 0.6) is 0 Å². The third-order valence-corrected chi connectivity index (χ3v) is 3.28. The molecule has 0 aliphatic heterocycles. The van der Waals surface area contributed by atoms with Gasteiger partial charge in [-0.2, -0.15) is 0 Å². The highest BCUT2D eigenvalue weighted by Gasteiger charge is 2.08. The van der Waals surface area contributed by atoms with Gasteiger partial charge in [-0.05, 0) is 12.1 Å². The summed E-state index contributed by atoms with van der Waals surface area (Å²) in [5, 5.41) is 14.3. The van der Waals surface area contributed by atoms with E-state index in [1.54, 1.807) is 11.4 Å². The van der Waals surface area contributed by atoms with E-state index in [1.165, 1.54) is 0 Å². The summed E-state index contributed by atoms with van der Waals surface area (Å²) < 4.78 is 0. The summed E-state index contributed by atoms with van der Waals surface area (Å²) in [7, 11) is 0. The molecular formula is C11H9ClN2O2S. The molecule has 2 aromatic rings. The molecule has 0 saturated heterocycles. The van der Waals surface area contributed by atoms with E-state index in [-0.39, 0.29) is 5.01 Å². The number of rotatable bonds is 4. The maximum absolute atomic E-state index is 10.6. The van der Waals surface area contributed by atoms with E-state index in [1.807, 2.05) is 18.2 Å². The Kier molecular flexibility index (Phi) is 3.61. The van der Waals surface area contributed by atoms with Gasteiger partial charge in [-0.1, -0.05) is 23.7 Å². The van der Waals surface area contributed by atoms with Crippen LogP contribution in [0.15, 0.2) is 29.6 Å². The van der Waals surface area contributed by atoms with E-state index in [2.05, 4.69) is 10.3 Å². The Morgan fingerprint density at radius 2 is 2.24 bits per heavy atom. The Morgan fingerprint density at radius 1 is 1.47 bits per heavy atom. The fourth-order valence-electron chi connectivity index (χ4n) is 1.28. The summed E-state index contributed by atoms with van der Waals surface area (Å²) >= 11 is 7.09. The molecule has 0 aliphatic carbocycles. The van der Waals surface area contributed by atoms with Gasteiger partial charge in [0.15, 0.2) is 0 Å². The minimum absolute atomic E-state index is 0.0981. The fraction of sp³-hybridized carbons (Fsp3) is 0.0909. The molecule has 0 aliphatic rings. The summed E-state index contributed by atoms with van der Waals surface area (Å²) in [6.45, 7) is 0.452. The first kappa shape index (κ1) is 11.9. The van der Waals surface area contributed by atoms with Crippen molar-refractivity contribution in [2.45, 2.75) is 6.54 Å². The number of para-hydroxylation sites is 1. The molecule has 2 rings (SSSR count). The molecule has 17 heavy (non-hydrogen) atoms. The largest absolute Gasteiger partial charge is 0.476 e. The normalized spacial score (nSPS) is 10.2. The predicted molar refractivity (Wildman–Crippen MR) is 67.9 cm³/mol. The van der Waals surface area contributed by atoms with Crippen LogP contribution in [-0.2, 0) is 6.54 Å². The number of thiazole rings is 1. The highest BCUT2D eigenvalue weighted by molar-refractivity contribution is 7.11. The summed E-state index contributed by atoms with van der Waals surface area (Å²) in [5.41, 5.74) is 1.49. The van der Waals surface area contributed by atoms with Crippen LogP contribution < -0.4 is 5.32 Å². The Bertz CT molecular complexity index is 542. The molecule has 0 radical (unpaired) electrons. The number of benzene rings is 1. The van der Waals surface area contributed by atoms with E-state index >= 15 is 0 Å². The topological polar surface area (TPSA) is 62.2 Å². The number of aromatic carboxylic acids is 1. The SMILES string of the molecule is O=C(O)c1nc(CNc2ccccc2Cl)cs1. The van der Waals surface area contributed by atoms with Gasteiger partial charge >= 0.3 is 5.97 Å². The van der Waals surface area contributed by atoms with E-state index in [4.69, 9.17) is 16.7 Å². The maximum Gasteiger partial charge on any atom is 0.365 e. The molecule has 2 N–H and O–H groups in total. The Morgan fingerprint density at radius 3 is 2.88 bits per heavy atom. The van der Waals surface area contributed by atoms with Crippen molar-refractivity contribution in [1.82, 2.24) is 4.98 Å². The molecule has 1 heterocycles. The summed E-state index contributed by atoms with van der Waals surface area (Å²) in [6.07, 6.45) is 0. The zero-order chi connectivity index (χ0) is 12.3. The number of nitrogens with zero attached hydrogens (tertiary/aromatic N) is 1. The van der Waals surface area contributed by atoms with Crippen LogP contribution >= 0.6 is 22.9 Å². The van der Waals surface area contributed by atoms with Crippen LogP contribution in [0.25, 0.3) is 0 Å². The van der Waals surface area contributed by atoms with Gasteiger partial charge in [0.05, 0.1) is 22.9 Å². The zero-order valence-corrected chi connectivity index (χ0v) is 10.3. The smallest absolute Gasteiger partial charge is 0.365 e. The summed E-state index contributed by atoms with van der Waals surface area (Å²) in [6, 6.07) is 7.36. The van der Waals surface area contributed by atoms with Gasteiger partial charge in [-0.15, -0.1) is 11.3 Å². The van der Waals surface area contributed by atoms with Gasteiger partial charge in [-0.25, -0.2) is 9.78 Å². The molecule has 1 aromatic heterocycles. The van der Waals surface area contributed by atoms with Gasteiger partial charge in [0.1, 0.15) is 0 Å². The van der Waals surface area contributed by atoms with Crippen LogP contribution in [0.3, 0.4) is 0 Å². The van der Waals surface area contributed by atoms with Crippen molar-refractivity contribution in [2.24, 2.45) is 0 Å². The third kappa shape index (κ3) is 2.95. The van der Waals surface area contributed by atoms with Crippen molar-refractivity contribution >= 4 is 34.6 Å². The Hall–Kier alpha value is -1.59. The lowest BCUT2D eigenvalue weighted by molar-refractivity contribution is 0.0696. The first-order valence-electron chi connectivity index (χ1n) is 4.83. The van der Waals surface area contributed by atoms with Gasteiger partial charge < -0.3 is 10.4 Å². The molecule has 0 bridgehead atoms. The summed E-state index contributed by atoms with van der Waals surface area (Å²) in [5.74, 6) is -1.00. The Balaban J connectivity index is 2.02. The zero-order valence-electron chi connectivity index (χ0n) is 8.68. The average molecular weight is 269 g/mol. The van der Waals surface area contributed by atoms with Crippen LogP contribution in [0.4, 0.5) is 5.69 Å². The van der Waals surface area contributed by atoms with E-state index in [0.29, 0.717) is 17.3 Å². The van der Waals surface area contributed by atoms with Crippen molar-refractivity contribution in [3.05, 3.63) is 45.4 Å². The molecule has 6 heteroatoms. The monoisotopic (exact) mass is 268 g/mol. The second kappa shape index (κ2) is 5.16. The number of hydrogen-bond donors (Lipinski definition) is 2. The molecule has 4 nitrogen and oxygen atoms in total. The van der Waals surface area contributed by atoms with E-state index < -0.39 is 5.97 Å². The number of carbonyl (C=O) groups is 1. The van der Waals surface area contributed by atoms with Crippen LogP contribution in [0, 0.1) is 0 Å². The van der Waals surface area contributed by atoms with E-state index in [9.17, 15) is 4.79 Å². The van der Waals surface area contributed by atoms with Gasteiger partial charge in [-0.3, -0.25) is 0 Å². The molecule has 1 aromatic carbocycles. The molecule has 0 amide bonds. The molecule has 0 atom stereocenters. The number of halogens is 1. The summed E-state index contributed by atoms with van der Waals surface area (Å²) in [4.78, 5) is 14.6. The number of anilines is 1. The van der Waals surface area contributed by atoms with Crippen LogP contribution in [0.1, 0.15) is 15.5 Å². The Labute approximate surface area is 107 Å². The maximum atomic E-state index is 10.6. The molecular weight excluding hydrogens is 260 g/mol. The van der Waals surface area contributed by atoms with Crippen LogP contribution in [0.2, 0.25) is 5.02 Å². The second-order valence-corrected chi connectivity index (χ2v) is 4.55. The van der Waals surface area contributed by atoms with Crippen molar-refractivity contribution in [2.75, 3.05) is 5.32 Å². The standard InChI is InChI=1S/C11H9ClN2O2S/c12-8-3-1-2-4-9(8)13-5-7-6-17-10(14-7)11(15)16/h1-4,6,13H,5H2,(H,15,16). The van der Waals surface area contributed by atoms with Gasteiger partial charge in [0.2, 0.25) is 5.01 Å².